The van der Waals surface area contributed by atoms with Gasteiger partial charge in [-0.1, -0.05) is 0 Å². The molecule has 7 heteroatoms. The molecular weight excluding hydrogens is 284 g/mol. The molecule has 0 atom stereocenters. The molecule has 0 aliphatic carbocycles. The minimum absolute atomic E-state index is 0.0293. The van der Waals surface area contributed by atoms with Crippen molar-refractivity contribution < 1.29 is 27.8 Å². The van der Waals surface area contributed by atoms with Crippen molar-refractivity contribution in [3.8, 4) is 0 Å². The summed E-state index contributed by atoms with van der Waals surface area (Å²) >= 11 is 0. The number of ketones is 1. The van der Waals surface area contributed by atoms with Crippen molar-refractivity contribution in [1.82, 2.24) is 0 Å². The second-order valence-electron chi connectivity index (χ2n) is 4.88. The van der Waals surface area contributed by atoms with Gasteiger partial charge >= 0.3 is 0 Å². The van der Waals surface area contributed by atoms with Gasteiger partial charge in [-0.3, -0.25) is 9.59 Å². The highest BCUT2D eigenvalue weighted by Crippen LogP contribution is 2.32. The smallest absolute Gasteiger partial charge is 0.299 e. The summed E-state index contributed by atoms with van der Waals surface area (Å²) in [6.45, 7) is 1.24. The van der Waals surface area contributed by atoms with E-state index in [2.05, 4.69) is 0 Å². The zero-order valence-corrected chi connectivity index (χ0v) is 11.1. The van der Waals surface area contributed by atoms with E-state index in [0.717, 1.165) is 17.4 Å². The third-order valence-corrected chi connectivity index (χ3v) is 3.48. The Balaban J connectivity index is 1.80. The van der Waals surface area contributed by atoms with Crippen molar-refractivity contribution >= 4 is 17.4 Å². The van der Waals surface area contributed by atoms with Gasteiger partial charge in [-0.05, 0) is 12.5 Å². The minimum Gasteiger partial charge on any atom is -0.353 e. The van der Waals surface area contributed by atoms with Crippen LogP contribution in [0.3, 0.4) is 0 Å². The number of nitrogens with zero attached hydrogens (tertiary/aromatic N) is 1. The molecule has 21 heavy (non-hydrogen) atoms. The SMILES string of the molecule is O=C1C(=O)N(CCC2OCCCO2)c2cc(F)cc(F)c21. The van der Waals surface area contributed by atoms with Crippen LogP contribution in [-0.2, 0) is 14.3 Å². The second-order valence-corrected chi connectivity index (χ2v) is 4.88. The van der Waals surface area contributed by atoms with E-state index in [1.54, 1.807) is 0 Å². The number of ether oxygens (including phenoxy) is 2. The highest BCUT2D eigenvalue weighted by molar-refractivity contribution is 6.52. The third kappa shape index (κ3) is 2.54. The predicted octanol–water partition coefficient (Wildman–Crippen LogP) is 1.65. The molecule has 0 unspecified atom stereocenters. The summed E-state index contributed by atoms with van der Waals surface area (Å²) in [4.78, 5) is 24.8. The second kappa shape index (κ2) is 5.50. The molecule has 2 aliphatic heterocycles. The van der Waals surface area contributed by atoms with Crippen LogP contribution in [0.5, 0.6) is 0 Å². The Morgan fingerprint density at radius 3 is 2.62 bits per heavy atom. The Kier molecular flexibility index (Phi) is 3.69. The molecule has 1 aromatic rings. The number of halogens is 2. The Labute approximate surface area is 119 Å². The van der Waals surface area contributed by atoms with E-state index in [9.17, 15) is 18.4 Å². The van der Waals surface area contributed by atoms with Gasteiger partial charge in [0.15, 0.2) is 6.29 Å². The largest absolute Gasteiger partial charge is 0.353 e. The van der Waals surface area contributed by atoms with Crippen LogP contribution in [0.2, 0.25) is 0 Å². The predicted molar refractivity (Wildman–Crippen MR) is 68.0 cm³/mol. The number of benzene rings is 1. The first-order valence-corrected chi connectivity index (χ1v) is 6.66. The van der Waals surface area contributed by atoms with Gasteiger partial charge < -0.3 is 14.4 Å². The normalized spacial score (nSPS) is 19.2. The monoisotopic (exact) mass is 297 g/mol. The van der Waals surface area contributed by atoms with Gasteiger partial charge in [-0.2, -0.15) is 0 Å². The van der Waals surface area contributed by atoms with Crippen LogP contribution >= 0.6 is 0 Å². The van der Waals surface area contributed by atoms with E-state index in [1.807, 2.05) is 0 Å². The third-order valence-electron chi connectivity index (χ3n) is 3.48. The fourth-order valence-corrected chi connectivity index (χ4v) is 2.50. The van der Waals surface area contributed by atoms with Crippen LogP contribution in [0.4, 0.5) is 14.5 Å². The highest BCUT2D eigenvalue weighted by atomic mass is 19.1. The number of hydrogen-bond donors (Lipinski definition) is 0. The van der Waals surface area contributed by atoms with Gasteiger partial charge in [0.2, 0.25) is 0 Å². The van der Waals surface area contributed by atoms with Crippen LogP contribution in [-0.4, -0.2) is 37.7 Å². The lowest BCUT2D eigenvalue weighted by atomic mass is 10.1. The standard InChI is InChI=1S/C14H13F2NO4/c15-8-6-9(16)12-10(7-8)17(14(19)13(12)18)3-2-11-20-4-1-5-21-11/h6-7,11H,1-5H2. The van der Waals surface area contributed by atoms with Crippen molar-refractivity contribution in [2.24, 2.45) is 0 Å². The molecule has 1 aromatic carbocycles. The zero-order valence-electron chi connectivity index (χ0n) is 11.1. The molecule has 0 saturated carbocycles. The summed E-state index contributed by atoms with van der Waals surface area (Å²) in [6, 6.07) is 1.59. The maximum atomic E-state index is 13.7. The Bertz CT molecular complexity index is 599. The average Bonchev–Trinajstić information content (AvgIpc) is 2.70. The lowest BCUT2D eigenvalue weighted by Gasteiger charge is -2.25. The molecule has 0 N–H and O–H groups in total. The van der Waals surface area contributed by atoms with Gasteiger partial charge in [0, 0.05) is 19.0 Å². The van der Waals surface area contributed by atoms with Gasteiger partial charge in [0.05, 0.1) is 24.5 Å². The number of carbonyl (C=O) groups is 2. The zero-order chi connectivity index (χ0) is 15.0. The lowest BCUT2D eigenvalue weighted by molar-refractivity contribution is -0.179. The summed E-state index contributed by atoms with van der Waals surface area (Å²) in [7, 11) is 0. The summed E-state index contributed by atoms with van der Waals surface area (Å²) in [5.74, 6) is -3.65. The maximum Gasteiger partial charge on any atom is 0.299 e. The van der Waals surface area contributed by atoms with Gasteiger partial charge in [0.1, 0.15) is 11.6 Å². The Morgan fingerprint density at radius 2 is 1.90 bits per heavy atom. The fourth-order valence-electron chi connectivity index (χ4n) is 2.50. The topological polar surface area (TPSA) is 55.8 Å². The molecule has 0 aromatic heterocycles. The van der Waals surface area contributed by atoms with Crippen molar-refractivity contribution in [3.05, 3.63) is 29.3 Å². The van der Waals surface area contributed by atoms with Crippen LogP contribution in [0.25, 0.3) is 0 Å². The molecule has 1 saturated heterocycles. The highest BCUT2D eigenvalue weighted by Gasteiger charge is 2.39. The van der Waals surface area contributed by atoms with Crippen LogP contribution in [0.1, 0.15) is 23.2 Å². The first kappa shape index (κ1) is 14.1. The number of carbonyl (C=O) groups excluding carboxylic acids is 2. The van der Waals surface area contributed by atoms with Crippen LogP contribution in [0.15, 0.2) is 12.1 Å². The minimum atomic E-state index is -1.02. The lowest BCUT2D eigenvalue weighted by Crippen LogP contribution is -2.35. The van der Waals surface area contributed by atoms with E-state index in [4.69, 9.17) is 9.47 Å². The number of amides is 1. The van der Waals surface area contributed by atoms with E-state index >= 15 is 0 Å². The van der Waals surface area contributed by atoms with Crippen molar-refractivity contribution in [2.75, 3.05) is 24.7 Å². The molecule has 5 nitrogen and oxygen atoms in total. The molecular formula is C14H13F2NO4. The molecule has 2 aliphatic rings. The fraction of sp³-hybridized carbons (Fsp3) is 0.429. The van der Waals surface area contributed by atoms with E-state index in [-0.39, 0.29) is 17.8 Å². The molecule has 0 radical (unpaired) electrons. The molecule has 3 rings (SSSR count). The Morgan fingerprint density at radius 1 is 1.19 bits per heavy atom. The van der Waals surface area contributed by atoms with Crippen molar-refractivity contribution in [2.45, 2.75) is 19.1 Å². The van der Waals surface area contributed by atoms with E-state index in [1.165, 1.54) is 0 Å². The molecule has 1 amide bonds. The number of rotatable bonds is 3. The van der Waals surface area contributed by atoms with E-state index < -0.39 is 29.6 Å². The van der Waals surface area contributed by atoms with Gasteiger partial charge in [0.25, 0.3) is 11.7 Å². The van der Waals surface area contributed by atoms with Crippen molar-refractivity contribution in [3.63, 3.8) is 0 Å². The maximum absolute atomic E-state index is 13.7. The first-order chi connectivity index (χ1) is 10.1. The van der Waals surface area contributed by atoms with Gasteiger partial charge in [-0.25, -0.2) is 8.78 Å². The summed E-state index contributed by atoms with van der Waals surface area (Å²) in [5, 5.41) is 0. The quantitative estimate of drug-likeness (QED) is 0.796. The molecule has 112 valence electrons. The van der Waals surface area contributed by atoms with Crippen LogP contribution < -0.4 is 4.90 Å². The molecule has 0 bridgehead atoms. The number of fused-ring (bicyclic) bond motifs is 1. The molecule has 1 fully saturated rings. The average molecular weight is 297 g/mol. The van der Waals surface area contributed by atoms with Crippen molar-refractivity contribution in [1.29, 1.82) is 0 Å². The first-order valence-electron chi connectivity index (χ1n) is 6.66. The Hall–Kier alpha value is -1.86. The number of hydrogen-bond acceptors (Lipinski definition) is 4. The summed E-state index contributed by atoms with van der Waals surface area (Å²) in [6.07, 6.45) is 0.664. The summed E-state index contributed by atoms with van der Waals surface area (Å²) in [5.41, 5.74) is -0.398. The molecule has 2 heterocycles. The number of anilines is 1. The van der Waals surface area contributed by atoms with E-state index in [0.29, 0.717) is 25.7 Å². The summed E-state index contributed by atoms with van der Waals surface area (Å²) < 4.78 is 37.6. The molecule has 0 spiro atoms. The van der Waals surface area contributed by atoms with Crippen LogP contribution in [0, 0.1) is 11.6 Å². The number of Topliss-reactive ketones (excluding diaryl/α,β-unsaturated/α-hetero) is 1. The van der Waals surface area contributed by atoms with Gasteiger partial charge in [-0.15, -0.1) is 0 Å².